The molecule has 5 rings (SSSR count). The molecule has 2 aliphatic rings. The first kappa shape index (κ1) is 31.0. The van der Waals surface area contributed by atoms with Crippen molar-refractivity contribution in [2.75, 3.05) is 35.9 Å². The molecule has 0 spiro atoms. The Balaban J connectivity index is 1.27. The largest absolute Gasteiger partial charge is 0.351 e. The number of aliphatic imine (C=N–C) groups is 1. The fourth-order valence-corrected chi connectivity index (χ4v) is 5.78. The minimum absolute atomic E-state index is 0.0818. The smallest absolute Gasteiger partial charge is 0.251 e. The number of carbonyl (C=O) groups excluding carboxylic acids is 1. The molecule has 0 fully saturated rings. The van der Waals surface area contributed by atoms with Gasteiger partial charge < -0.3 is 15.5 Å². The third-order valence-electron chi connectivity index (χ3n) is 7.61. The number of nitrogens with zero attached hydrogens (tertiary/aromatic N) is 4. The zero-order valence-electron chi connectivity index (χ0n) is 24.7. The number of amides is 1. The van der Waals surface area contributed by atoms with Crippen molar-refractivity contribution >= 4 is 51.4 Å². The number of halogens is 2. The molecule has 1 amide bonds. The number of allylic oxidation sites excluding steroid dienone is 4. The lowest BCUT2D eigenvalue weighted by Crippen LogP contribution is -2.36. The molecular weight excluding hydrogens is 654 g/mol. The van der Waals surface area contributed by atoms with Gasteiger partial charge in [-0.25, -0.2) is 14.4 Å². The second kappa shape index (κ2) is 14.8. The van der Waals surface area contributed by atoms with Crippen molar-refractivity contribution in [2.24, 2.45) is 10.9 Å². The van der Waals surface area contributed by atoms with E-state index in [-0.39, 0.29) is 11.7 Å². The first-order valence-corrected chi connectivity index (χ1v) is 16.5. The van der Waals surface area contributed by atoms with E-state index in [9.17, 15) is 9.18 Å². The highest BCUT2D eigenvalue weighted by molar-refractivity contribution is 14.1. The summed E-state index contributed by atoms with van der Waals surface area (Å²) in [6, 6.07) is 14.1. The van der Waals surface area contributed by atoms with Crippen LogP contribution < -0.4 is 10.6 Å². The zero-order valence-corrected chi connectivity index (χ0v) is 26.9. The Hall–Kier alpha value is -3.44. The van der Waals surface area contributed by atoms with Crippen LogP contribution in [0.4, 0.5) is 16.0 Å². The number of aromatic nitrogens is 2. The minimum Gasteiger partial charge on any atom is -0.351 e. The van der Waals surface area contributed by atoms with Gasteiger partial charge in [0.25, 0.3) is 5.91 Å². The summed E-state index contributed by atoms with van der Waals surface area (Å²) in [5.74, 6) is 0.387. The van der Waals surface area contributed by atoms with E-state index in [1.165, 1.54) is 6.07 Å². The molecule has 3 aromatic rings. The molecule has 224 valence electrons. The summed E-state index contributed by atoms with van der Waals surface area (Å²) >= 11 is 2.41. The second-order valence-corrected chi connectivity index (χ2v) is 12.0. The molecule has 0 radical (unpaired) electrons. The second-order valence-electron chi connectivity index (χ2n) is 11.0. The number of hydrogen-bond donors (Lipinski definition) is 2. The van der Waals surface area contributed by atoms with Crippen molar-refractivity contribution in [1.82, 2.24) is 20.2 Å². The lowest BCUT2D eigenvalue weighted by atomic mass is 9.85. The maximum atomic E-state index is 14.8. The van der Waals surface area contributed by atoms with Gasteiger partial charge in [-0.2, -0.15) is 0 Å². The molecule has 1 aliphatic heterocycles. The van der Waals surface area contributed by atoms with Gasteiger partial charge in [-0.15, -0.1) is 0 Å². The summed E-state index contributed by atoms with van der Waals surface area (Å²) in [4.78, 5) is 29.4. The summed E-state index contributed by atoms with van der Waals surface area (Å²) in [5.41, 5.74) is 6.09. The van der Waals surface area contributed by atoms with Gasteiger partial charge >= 0.3 is 0 Å². The molecule has 43 heavy (non-hydrogen) atoms. The molecule has 0 saturated carbocycles. The molecule has 0 bridgehead atoms. The molecule has 2 heterocycles. The number of rotatable bonds is 12. The third kappa shape index (κ3) is 7.75. The first-order chi connectivity index (χ1) is 21.0. The Labute approximate surface area is 267 Å². The van der Waals surface area contributed by atoms with Crippen molar-refractivity contribution in [3.05, 3.63) is 101 Å². The number of benzene rings is 2. The van der Waals surface area contributed by atoms with Crippen molar-refractivity contribution in [2.45, 2.75) is 39.7 Å². The van der Waals surface area contributed by atoms with E-state index < -0.39 is 0 Å². The Bertz CT molecular complexity index is 1530. The normalized spacial score (nSPS) is 15.9. The summed E-state index contributed by atoms with van der Waals surface area (Å²) in [7, 11) is 0. The van der Waals surface area contributed by atoms with Crippen LogP contribution in [0.25, 0.3) is 5.57 Å². The summed E-state index contributed by atoms with van der Waals surface area (Å²) < 4.78 is 16.0. The van der Waals surface area contributed by atoms with Crippen LogP contribution in [0, 0.1) is 11.7 Å². The summed E-state index contributed by atoms with van der Waals surface area (Å²) in [5, 5.41) is 6.33. The molecule has 1 aromatic heterocycles. The number of nitrogens with one attached hydrogen (secondary N) is 2. The highest BCUT2D eigenvalue weighted by Gasteiger charge is 2.27. The van der Waals surface area contributed by atoms with Crippen LogP contribution in [0.2, 0.25) is 0 Å². The van der Waals surface area contributed by atoms with Crippen molar-refractivity contribution < 1.29 is 9.18 Å². The SMILES string of the molecule is CCCN(CCCI)CCNC(=O)c1ccc(Nc2ncc3c(n2)C2=CCC(C)C=C2C(c2ccccc2F)=NC3)cc1. The predicted molar refractivity (Wildman–Crippen MR) is 181 cm³/mol. The lowest BCUT2D eigenvalue weighted by Gasteiger charge is -2.21. The minimum atomic E-state index is -0.290. The third-order valence-corrected chi connectivity index (χ3v) is 8.37. The van der Waals surface area contributed by atoms with E-state index in [1.807, 2.05) is 18.2 Å². The van der Waals surface area contributed by atoms with Gasteiger partial charge in [0.1, 0.15) is 5.82 Å². The summed E-state index contributed by atoms with van der Waals surface area (Å²) in [6.45, 7) is 8.28. The number of hydrogen-bond acceptors (Lipinski definition) is 6. The Morgan fingerprint density at radius 1 is 1.09 bits per heavy atom. The lowest BCUT2D eigenvalue weighted by molar-refractivity contribution is 0.0948. The van der Waals surface area contributed by atoms with E-state index >= 15 is 0 Å². The number of carbonyl (C=O) groups is 1. The molecule has 2 N–H and O–H groups in total. The van der Waals surface area contributed by atoms with Crippen molar-refractivity contribution in [3.63, 3.8) is 0 Å². The van der Waals surface area contributed by atoms with Crippen LogP contribution in [-0.4, -0.2) is 57.1 Å². The van der Waals surface area contributed by atoms with Crippen LogP contribution >= 0.6 is 22.6 Å². The van der Waals surface area contributed by atoms with Crippen molar-refractivity contribution in [3.8, 4) is 0 Å². The van der Waals surface area contributed by atoms with E-state index in [0.717, 1.165) is 71.4 Å². The molecule has 1 atom stereocenters. The van der Waals surface area contributed by atoms with Crippen LogP contribution in [0.3, 0.4) is 0 Å². The van der Waals surface area contributed by atoms with Gasteiger partial charge in [-0.3, -0.25) is 9.79 Å². The molecule has 0 saturated heterocycles. The topological polar surface area (TPSA) is 82.5 Å². The molecule has 9 heteroatoms. The standard InChI is InChI=1S/C34H38FIN6O/c1-3-17-42(18-6-15-36)19-16-37-33(43)24-10-12-26(13-11-24)40-34-39-22-25-21-38-32(28-7-4-5-8-30(28)35)29-20-23(2)9-14-27(29)31(25)41-34/h4-5,7-8,10-14,20,22-23H,3,6,9,15-19,21H2,1-2H3,(H,37,43)(H,39,40,41). The van der Waals surface area contributed by atoms with Crippen LogP contribution in [0.15, 0.2) is 77.4 Å². The molecule has 1 unspecified atom stereocenters. The number of alkyl halides is 1. The quantitative estimate of drug-likeness (QED) is 0.158. The first-order valence-electron chi connectivity index (χ1n) is 15.0. The highest BCUT2D eigenvalue weighted by atomic mass is 127. The highest BCUT2D eigenvalue weighted by Crippen LogP contribution is 2.37. The number of fused-ring (bicyclic) bond motifs is 3. The van der Waals surface area contributed by atoms with Gasteiger partial charge in [0, 0.05) is 57.2 Å². The fourth-order valence-electron chi connectivity index (χ4n) is 5.43. The Kier molecular flexibility index (Phi) is 10.7. The molecule has 1 aliphatic carbocycles. The molecular formula is C34H38FIN6O. The monoisotopic (exact) mass is 692 g/mol. The van der Waals surface area contributed by atoms with Crippen LogP contribution in [0.5, 0.6) is 0 Å². The zero-order chi connectivity index (χ0) is 30.2. The summed E-state index contributed by atoms with van der Waals surface area (Å²) in [6.07, 6.45) is 9.27. The number of anilines is 2. The average molecular weight is 693 g/mol. The Morgan fingerprint density at radius 2 is 1.91 bits per heavy atom. The maximum Gasteiger partial charge on any atom is 0.251 e. The van der Waals surface area contributed by atoms with E-state index in [4.69, 9.17) is 9.98 Å². The Morgan fingerprint density at radius 3 is 2.67 bits per heavy atom. The van der Waals surface area contributed by atoms with E-state index in [2.05, 4.69) is 69.1 Å². The molecule has 2 aromatic carbocycles. The van der Waals surface area contributed by atoms with Gasteiger partial charge in [-0.1, -0.05) is 60.7 Å². The van der Waals surface area contributed by atoms with Gasteiger partial charge in [0.2, 0.25) is 5.95 Å². The van der Waals surface area contributed by atoms with Crippen LogP contribution in [-0.2, 0) is 6.54 Å². The van der Waals surface area contributed by atoms with Gasteiger partial charge in [-0.05, 0) is 74.7 Å². The predicted octanol–water partition coefficient (Wildman–Crippen LogP) is 6.98. The van der Waals surface area contributed by atoms with Crippen LogP contribution in [0.1, 0.15) is 60.3 Å². The fraction of sp³-hybridized carbons (Fsp3) is 0.353. The van der Waals surface area contributed by atoms with E-state index in [0.29, 0.717) is 41.8 Å². The average Bonchev–Trinajstić information content (AvgIpc) is 3.16. The van der Waals surface area contributed by atoms with E-state index in [1.54, 1.807) is 30.5 Å². The van der Waals surface area contributed by atoms with Gasteiger partial charge in [0.15, 0.2) is 0 Å². The van der Waals surface area contributed by atoms with Gasteiger partial charge in [0.05, 0.1) is 18.0 Å². The maximum absolute atomic E-state index is 14.8. The molecule has 7 nitrogen and oxygen atoms in total. The van der Waals surface area contributed by atoms with Crippen molar-refractivity contribution in [1.29, 1.82) is 0 Å².